The largest absolute Gasteiger partial charge is 0.400 e. The van der Waals surface area contributed by atoms with Crippen LogP contribution in [0.1, 0.15) is 19.2 Å². The molecule has 0 bridgehead atoms. The number of hydrogen-bond donors (Lipinski definition) is 2. The highest BCUT2D eigenvalue weighted by molar-refractivity contribution is 5.81. The summed E-state index contributed by atoms with van der Waals surface area (Å²) in [6, 6.07) is 7.05. The first-order valence-corrected chi connectivity index (χ1v) is 6.69. The molecule has 0 saturated heterocycles. The van der Waals surface area contributed by atoms with Crippen molar-refractivity contribution in [2.45, 2.75) is 32.5 Å². The van der Waals surface area contributed by atoms with Gasteiger partial charge in [-0.25, -0.2) is 4.98 Å². The maximum absolute atomic E-state index is 13.0. The number of benzene rings is 1. The molecule has 0 spiro atoms. The van der Waals surface area contributed by atoms with Crippen LogP contribution in [0.15, 0.2) is 24.3 Å². The minimum absolute atomic E-state index is 0.408. The Morgan fingerprint density at radius 1 is 1.38 bits per heavy atom. The molecule has 0 fully saturated rings. The van der Waals surface area contributed by atoms with Crippen LogP contribution >= 0.6 is 0 Å². The first-order chi connectivity index (χ1) is 9.84. The minimum Gasteiger partial charge on any atom is -0.387 e. The second-order valence-electron chi connectivity index (χ2n) is 4.93. The van der Waals surface area contributed by atoms with Crippen LogP contribution in [0.25, 0.3) is 11.0 Å². The van der Waals surface area contributed by atoms with Crippen LogP contribution in [-0.4, -0.2) is 21.6 Å². The van der Waals surface area contributed by atoms with E-state index in [4.69, 9.17) is 11.1 Å². The number of aryl methyl sites for hydroxylation is 1. The first kappa shape index (κ1) is 15.3. The maximum atomic E-state index is 13.0. The first-order valence-electron chi connectivity index (χ1n) is 6.69. The number of fused-ring (bicyclic) bond motifs is 1. The van der Waals surface area contributed by atoms with Gasteiger partial charge in [0.25, 0.3) is 0 Å². The van der Waals surface area contributed by atoms with E-state index >= 15 is 0 Å². The van der Waals surface area contributed by atoms with Gasteiger partial charge in [-0.3, -0.25) is 5.41 Å². The van der Waals surface area contributed by atoms with Gasteiger partial charge in [0.15, 0.2) is 0 Å². The predicted octanol–water partition coefficient (Wildman–Crippen LogP) is 3.10. The highest BCUT2D eigenvalue weighted by Gasteiger charge is 2.42. The molecule has 114 valence electrons. The second-order valence-corrected chi connectivity index (χ2v) is 4.93. The minimum atomic E-state index is -4.54. The molecule has 1 aromatic carbocycles. The van der Waals surface area contributed by atoms with Gasteiger partial charge in [0, 0.05) is 13.0 Å². The summed E-state index contributed by atoms with van der Waals surface area (Å²) in [6.45, 7) is 1.53. The molecule has 0 aliphatic heterocycles. The van der Waals surface area contributed by atoms with Crippen molar-refractivity contribution in [3.05, 3.63) is 30.1 Å². The summed E-state index contributed by atoms with van der Waals surface area (Å²) in [5, 5.41) is 7.21. The molecule has 1 heterocycles. The van der Waals surface area contributed by atoms with Crippen LogP contribution in [0.3, 0.4) is 0 Å². The SMILES string of the molecule is CCCc1nc2ccccc2n1CC(C(=N)N)C(F)(F)F. The topological polar surface area (TPSA) is 67.7 Å². The highest BCUT2D eigenvalue weighted by atomic mass is 19.4. The van der Waals surface area contributed by atoms with E-state index in [0.717, 1.165) is 6.42 Å². The number of aromatic nitrogens is 2. The predicted molar refractivity (Wildman–Crippen MR) is 75.2 cm³/mol. The van der Waals surface area contributed by atoms with Crippen molar-refractivity contribution in [1.29, 1.82) is 5.41 Å². The molecule has 21 heavy (non-hydrogen) atoms. The summed E-state index contributed by atoms with van der Waals surface area (Å²) in [5.74, 6) is -2.28. The lowest BCUT2D eigenvalue weighted by atomic mass is 10.1. The van der Waals surface area contributed by atoms with Gasteiger partial charge in [-0.2, -0.15) is 13.2 Å². The van der Waals surface area contributed by atoms with E-state index in [-0.39, 0.29) is 0 Å². The quantitative estimate of drug-likeness (QED) is 0.658. The fourth-order valence-electron chi connectivity index (χ4n) is 2.30. The molecule has 2 rings (SSSR count). The molecular weight excluding hydrogens is 281 g/mol. The van der Waals surface area contributed by atoms with Gasteiger partial charge in [0.05, 0.1) is 11.0 Å². The zero-order valence-corrected chi connectivity index (χ0v) is 11.6. The summed E-state index contributed by atoms with van der Waals surface area (Å²) in [4.78, 5) is 4.38. The Balaban J connectivity index is 2.48. The number of amidine groups is 1. The van der Waals surface area contributed by atoms with Gasteiger partial charge in [-0.1, -0.05) is 19.1 Å². The van der Waals surface area contributed by atoms with Crippen LogP contribution in [0.2, 0.25) is 0 Å². The van der Waals surface area contributed by atoms with E-state index in [0.29, 0.717) is 23.3 Å². The Hall–Kier alpha value is -2.05. The molecule has 2 aromatic rings. The summed E-state index contributed by atoms with van der Waals surface area (Å²) >= 11 is 0. The van der Waals surface area contributed by atoms with Crippen LogP contribution in [0, 0.1) is 11.3 Å². The third-order valence-corrected chi connectivity index (χ3v) is 3.34. The zero-order chi connectivity index (χ0) is 15.6. The van der Waals surface area contributed by atoms with Gasteiger partial charge in [-0.15, -0.1) is 0 Å². The number of para-hydroxylation sites is 2. The van der Waals surface area contributed by atoms with Gasteiger partial charge in [0.2, 0.25) is 0 Å². The van der Waals surface area contributed by atoms with Crippen molar-refractivity contribution in [2.24, 2.45) is 11.7 Å². The van der Waals surface area contributed by atoms with Crippen LogP contribution in [0.5, 0.6) is 0 Å². The number of nitrogens with two attached hydrogens (primary N) is 1. The van der Waals surface area contributed by atoms with Crippen LogP contribution in [0.4, 0.5) is 13.2 Å². The average Bonchev–Trinajstić information content (AvgIpc) is 2.72. The summed E-state index contributed by atoms with van der Waals surface area (Å²) in [5.41, 5.74) is 6.43. The Bertz CT molecular complexity index is 645. The normalized spacial score (nSPS) is 13.5. The summed E-state index contributed by atoms with van der Waals surface area (Å²) < 4.78 is 40.6. The number of hydrogen-bond acceptors (Lipinski definition) is 2. The smallest absolute Gasteiger partial charge is 0.387 e. The summed E-state index contributed by atoms with van der Waals surface area (Å²) in [6.07, 6.45) is -3.18. The number of nitrogens with one attached hydrogen (secondary N) is 1. The van der Waals surface area contributed by atoms with E-state index < -0.39 is 24.5 Å². The number of alkyl halides is 3. The molecule has 0 aliphatic carbocycles. The van der Waals surface area contributed by atoms with Crippen molar-refractivity contribution in [3.63, 3.8) is 0 Å². The van der Waals surface area contributed by atoms with Crippen LogP contribution < -0.4 is 5.73 Å². The Morgan fingerprint density at radius 3 is 2.62 bits per heavy atom. The number of imidazole rings is 1. The van der Waals surface area contributed by atoms with Gasteiger partial charge < -0.3 is 10.3 Å². The average molecular weight is 298 g/mol. The molecular formula is C14H17F3N4. The van der Waals surface area contributed by atoms with Crippen molar-refractivity contribution in [1.82, 2.24) is 9.55 Å². The summed E-state index contributed by atoms with van der Waals surface area (Å²) in [7, 11) is 0. The molecule has 0 saturated carbocycles. The third-order valence-electron chi connectivity index (χ3n) is 3.34. The molecule has 7 heteroatoms. The van der Waals surface area contributed by atoms with E-state index in [2.05, 4.69) is 4.98 Å². The third kappa shape index (κ3) is 3.17. The fraction of sp³-hybridized carbons (Fsp3) is 0.429. The number of nitrogens with zero attached hydrogens (tertiary/aromatic N) is 2. The van der Waals surface area contributed by atoms with Crippen molar-refractivity contribution < 1.29 is 13.2 Å². The van der Waals surface area contributed by atoms with E-state index in [1.54, 1.807) is 24.3 Å². The zero-order valence-electron chi connectivity index (χ0n) is 11.6. The van der Waals surface area contributed by atoms with Crippen molar-refractivity contribution in [3.8, 4) is 0 Å². The van der Waals surface area contributed by atoms with E-state index in [1.807, 2.05) is 6.92 Å². The van der Waals surface area contributed by atoms with Gasteiger partial charge >= 0.3 is 6.18 Å². The van der Waals surface area contributed by atoms with E-state index in [9.17, 15) is 13.2 Å². The Kier molecular flexibility index (Phi) is 4.20. The molecule has 0 amide bonds. The molecule has 4 nitrogen and oxygen atoms in total. The lowest BCUT2D eigenvalue weighted by molar-refractivity contribution is -0.158. The molecule has 0 aliphatic rings. The number of halogens is 3. The highest BCUT2D eigenvalue weighted by Crippen LogP contribution is 2.29. The molecule has 1 aromatic heterocycles. The van der Waals surface area contributed by atoms with Crippen LogP contribution in [-0.2, 0) is 13.0 Å². The molecule has 1 unspecified atom stereocenters. The van der Waals surface area contributed by atoms with E-state index in [1.165, 1.54) is 4.57 Å². The lowest BCUT2D eigenvalue weighted by Crippen LogP contribution is -2.38. The Morgan fingerprint density at radius 2 is 2.05 bits per heavy atom. The number of rotatable bonds is 5. The van der Waals surface area contributed by atoms with Crippen molar-refractivity contribution in [2.75, 3.05) is 0 Å². The molecule has 1 atom stereocenters. The van der Waals surface area contributed by atoms with Gasteiger partial charge in [0.1, 0.15) is 17.6 Å². The Labute approximate surface area is 120 Å². The standard InChI is InChI=1S/C14H17F3N4/c1-2-5-12-20-10-6-3-4-7-11(10)21(12)8-9(13(18)19)14(15,16)17/h3-4,6-7,9H,2,5,8H2,1H3,(H3,18,19). The molecule has 3 N–H and O–H groups in total. The van der Waals surface area contributed by atoms with Crippen molar-refractivity contribution >= 4 is 16.9 Å². The maximum Gasteiger partial charge on any atom is 0.400 e. The fourth-order valence-corrected chi connectivity index (χ4v) is 2.30. The monoisotopic (exact) mass is 298 g/mol. The molecule has 0 radical (unpaired) electrons. The second kappa shape index (κ2) is 5.75. The lowest BCUT2D eigenvalue weighted by Gasteiger charge is -2.21. The van der Waals surface area contributed by atoms with Gasteiger partial charge in [-0.05, 0) is 18.6 Å².